The number of carboxylic acid groups (broad SMARTS) is 1. The van der Waals surface area contributed by atoms with Crippen LogP contribution in [0.15, 0.2) is 42.5 Å². The Morgan fingerprint density at radius 3 is 2.46 bits per heavy atom. The number of nitro benzene ring substituents is 1. The molecule has 2 aromatic carbocycles. The lowest BCUT2D eigenvalue weighted by Crippen LogP contribution is -2.20. The third kappa shape index (κ3) is 4.43. The number of rotatable bonds is 6. The van der Waals surface area contributed by atoms with Gasteiger partial charge in [0.1, 0.15) is 0 Å². The fraction of sp³-hybridized carbons (Fsp3) is 0.0667. The summed E-state index contributed by atoms with van der Waals surface area (Å²) in [6.07, 6.45) is 0. The number of nitro groups is 1. The molecule has 0 saturated heterocycles. The van der Waals surface area contributed by atoms with E-state index >= 15 is 0 Å². The first kappa shape index (κ1) is 17.2. The minimum Gasteiger partial charge on any atom is -0.478 e. The standard InChI is InChI=1S/C15H11ClN2O6/c16-10-2-4-11(5-3-10)17-14(19)8-24-13-6-1-9(15(20)21)7-12(13)18(22)23/h1-7H,8H2,(H,17,19)(H,20,21). The Labute approximate surface area is 140 Å². The van der Waals surface area contributed by atoms with Crippen LogP contribution in [0, 0.1) is 10.1 Å². The van der Waals surface area contributed by atoms with E-state index in [0.717, 1.165) is 18.2 Å². The molecule has 2 aromatic rings. The molecule has 2 rings (SSSR count). The van der Waals surface area contributed by atoms with Crippen molar-refractivity contribution in [1.82, 2.24) is 0 Å². The predicted molar refractivity (Wildman–Crippen MR) is 85.6 cm³/mol. The zero-order valence-corrected chi connectivity index (χ0v) is 12.8. The van der Waals surface area contributed by atoms with Crippen molar-refractivity contribution in [1.29, 1.82) is 0 Å². The number of nitrogens with one attached hydrogen (secondary N) is 1. The molecule has 0 heterocycles. The van der Waals surface area contributed by atoms with E-state index in [1.165, 1.54) is 0 Å². The van der Waals surface area contributed by atoms with Crippen LogP contribution in [0.5, 0.6) is 5.75 Å². The van der Waals surface area contributed by atoms with Crippen LogP contribution in [-0.4, -0.2) is 28.5 Å². The average Bonchev–Trinajstić information content (AvgIpc) is 2.54. The maximum Gasteiger partial charge on any atom is 0.335 e. The first-order valence-electron chi connectivity index (χ1n) is 6.57. The van der Waals surface area contributed by atoms with Gasteiger partial charge in [0.25, 0.3) is 5.91 Å². The number of carbonyl (C=O) groups excluding carboxylic acids is 1. The second-order valence-electron chi connectivity index (χ2n) is 4.59. The smallest absolute Gasteiger partial charge is 0.335 e. The summed E-state index contributed by atoms with van der Waals surface area (Å²) in [5.41, 5.74) is -0.294. The summed E-state index contributed by atoms with van der Waals surface area (Å²) in [5.74, 6) is -2.03. The summed E-state index contributed by atoms with van der Waals surface area (Å²) < 4.78 is 5.12. The number of ether oxygens (including phenoxy) is 1. The SMILES string of the molecule is O=C(COc1ccc(C(=O)O)cc1[N+](=O)[O-])Nc1ccc(Cl)cc1. The monoisotopic (exact) mass is 350 g/mol. The van der Waals surface area contributed by atoms with Gasteiger partial charge in [-0.05, 0) is 36.4 Å². The number of halogens is 1. The van der Waals surface area contributed by atoms with E-state index in [2.05, 4.69) is 5.32 Å². The zero-order chi connectivity index (χ0) is 17.7. The topological polar surface area (TPSA) is 119 Å². The van der Waals surface area contributed by atoms with Crippen molar-refractivity contribution in [2.75, 3.05) is 11.9 Å². The summed E-state index contributed by atoms with van der Waals surface area (Å²) in [7, 11) is 0. The second-order valence-corrected chi connectivity index (χ2v) is 5.02. The summed E-state index contributed by atoms with van der Waals surface area (Å²) >= 11 is 5.73. The van der Waals surface area contributed by atoms with E-state index in [-0.39, 0.29) is 11.3 Å². The molecular weight excluding hydrogens is 340 g/mol. The van der Waals surface area contributed by atoms with Gasteiger partial charge in [-0.25, -0.2) is 4.79 Å². The lowest BCUT2D eigenvalue weighted by Gasteiger charge is -2.08. The number of hydrogen-bond donors (Lipinski definition) is 2. The number of carboxylic acids is 1. The van der Waals surface area contributed by atoms with Gasteiger partial charge in [-0.15, -0.1) is 0 Å². The predicted octanol–water partition coefficient (Wildman–Crippen LogP) is 2.96. The Balaban J connectivity index is 2.05. The largest absolute Gasteiger partial charge is 0.478 e. The highest BCUT2D eigenvalue weighted by Crippen LogP contribution is 2.28. The lowest BCUT2D eigenvalue weighted by atomic mass is 10.2. The zero-order valence-electron chi connectivity index (χ0n) is 12.1. The molecule has 124 valence electrons. The number of aromatic carboxylic acids is 1. The minimum absolute atomic E-state index is 0.198. The van der Waals surface area contributed by atoms with Crippen molar-refractivity contribution in [3.05, 3.63) is 63.2 Å². The molecule has 0 radical (unpaired) electrons. The van der Waals surface area contributed by atoms with Gasteiger partial charge < -0.3 is 15.2 Å². The quantitative estimate of drug-likeness (QED) is 0.610. The first-order chi connectivity index (χ1) is 11.4. The van der Waals surface area contributed by atoms with Crippen LogP contribution < -0.4 is 10.1 Å². The maximum absolute atomic E-state index is 11.8. The highest BCUT2D eigenvalue weighted by Gasteiger charge is 2.19. The van der Waals surface area contributed by atoms with Gasteiger partial charge in [0.2, 0.25) is 0 Å². The van der Waals surface area contributed by atoms with Crippen molar-refractivity contribution in [2.45, 2.75) is 0 Å². The van der Waals surface area contributed by atoms with Crippen LogP contribution in [-0.2, 0) is 4.79 Å². The Morgan fingerprint density at radius 1 is 1.21 bits per heavy atom. The highest BCUT2D eigenvalue weighted by atomic mass is 35.5. The van der Waals surface area contributed by atoms with Crippen LogP contribution >= 0.6 is 11.6 Å². The Morgan fingerprint density at radius 2 is 1.88 bits per heavy atom. The summed E-state index contributed by atoms with van der Waals surface area (Å²) in [5, 5.41) is 22.9. The fourth-order valence-corrected chi connectivity index (χ4v) is 1.91. The van der Waals surface area contributed by atoms with Crippen molar-refractivity contribution in [2.24, 2.45) is 0 Å². The average molecular weight is 351 g/mol. The lowest BCUT2D eigenvalue weighted by molar-refractivity contribution is -0.385. The van der Waals surface area contributed by atoms with Crippen molar-refractivity contribution >= 4 is 34.9 Å². The number of benzene rings is 2. The molecule has 0 bridgehead atoms. The molecule has 0 aliphatic carbocycles. The molecule has 9 heteroatoms. The van der Waals surface area contributed by atoms with Crippen LogP contribution in [0.3, 0.4) is 0 Å². The molecule has 0 atom stereocenters. The highest BCUT2D eigenvalue weighted by molar-refractivity contribution is 6.30. The normalized spacial score (nSPS) is 10.0. The van der Waals surface area contributed by atoms with Crippen LogP contribution in [0.4, 0.5) is 11.4 Å². The minimum atomic E-state index is -1.30. The molecule has 0 saturated carbocycles. The molecule has 2 N–H and O–H groups in total. The Kier molecular flexibility index (Phi) is 5.33. The third-order valence-electron chi connectivity index (χ3n) is 2.89. The van der Waals surface area contributed by atoms with Gasteiger partial charge in [-0.2, -0.15) is 0 Å². The number of carbonyl (C=O) groups is 2. The molecule has 0 aliphatic heterocycles. The van der Waals surface area contributed by atoms with Crippen molar-refractivity contribution in [3.8, 4) is 5.75 Å². The molecule has 0 unspecified atom stereocenters. The summed E-state index contributed by atoms with van der Waals surface area (Å²) in [6, 6.07) is 9.52. The summed E-state index contributed by atoms with van der Waals surface area (Å²) in [6.45, 7) is -0.476. The van der Waals surface area contributed by atoms with Gasteiger partial charge in [-0.3, -0.25) is 14.9 Å². The van der Waals surface area contributed by atoms with E-state index in [9.17, 15) is 19.7 Å². The van der Waals surface area contributed by atoms with Crippen molar-refractivity contribution in [3.63, 3.8) is 0 Å². The first-order valence-corrected chi connectivity index (χ1v) is 6.94. The van der Waals surface area contributed by atoms with Crippen LogP contribution in [0.1, 0.15) is 10.4 Å². The maximum atomic E-state index is 11.8. The van der Waals surface area contributed by atoms with E-state index in [1.54, 1.807) is 24.3 Å². The molecule has 8 nitrogen and oxygen atoms in total. The van der Waals surface area contributed by atoms with Gasteiger partial charge in [0.05, 0.1) is 10.5 Å². The molecule has 24 heavy (non-hydrogen) atoms. The van der Waals surface area contributed by atoms with Crippen molar-refractivity contribution < 1.29 is 24.4 Å². The number of nitrogens with zero attached hydrogens (tertiary/aromatic N) is 1. The fourth-order valence-electron chi connectivity index (χ4n) is 1.79. The van der Waals surface area contributed by atoms with Gasteiger partial charge in [-0.1, -0.05) is 11.6 Å². The number of hydrogen-bond acceptors (Lipinski definition) is 5. The van der Waals surface area contributed by atoms with Crippen LogP contribution in [0.25, 0.3) is 0 Å². The van der Waals surface area contributed by atoms with E-state index < -0.39 is 29.1 Å². The second kappa shape index (κ2) is 7.42. The Bertz CT molecular complexity index is 791. The van der Waals surface area contributed by atoms with Gasteiger partial charge in [0, 0.05) is 16.8 Å². The summed E-state index contributed by atoms with van der Waals surface area (Å²) in [4.78, 5) is 32.8. The van der Waals surface area contributed by atoms with E-state index in [4.69, 9.17) is 21.4 Å². The molecule has 0 aromatic heterocycles. The molecule has 1 amide bonds. The number of anilines is 1. The van der Waals surface area contributed by atoms with Crippen LogP contribution in [0.2, 0.25) is 5.02 Å². The van der Waals surface area contributed by atoms with E-state index in [1.807, 2.05) is 0 Å². The molecule has 0 aliphatic rings. The van der Waals surface area contributed by atoms with E-state index in [0.29, 0.717) is 10.7 Å². The molecular formula is C15H11ClN2O6. The molecule has 0 fully saturated rings. The number of amides is 1. The van der Waals surface area contributed by atoms with Gasteiger partial charge >= 0.3 is 11.7 Å². The van der Waals surface area contributed by atoms with Gasteiger partial charge in [0.15, 0.2) is 12.4 Å². The molecule has 0 spiro atoms. The third-order valence-corrected chi connectivity index (χ3v) is 3.14. The Hall–Kier alpha value is -3.13.